The summed E-state index contributed by atoms with van der Waals surface area (Å²) >= 11 is 4.04. The standard InChI is InChI=1S/C43H71N10O13PS/c1-26(2)18-32(40(58)49-33(19-29-21-46-25-48-29)41(59)51-34(23-54)42(60)52-37(38(45)56)27(3)66-67(62,63)64)50-43(61)35-20-30(65-17-11-9-14-28-12-6-4-7-13-28)22-53(35)36(55)15-8-5-10-16-47-39(57)31(44)24-68/h4,6-7,12-13,25-27,29-35,37,54,68H,5,8-11,14-24,44H2,1-3H3,(H2,45,56)(H,46,48)(H,47,57)(H,49,58)(H,50,61)(H,51,59)(H,52,60)(H2,62,63,64)/t27-,29?,30+,31?,32+,33+,34+,35+,37+/m1/s1. The van der Waals surface area contributed by atoms with E-state index in [1.54, 1.807) is 0 Å². The van der Waals surface area contributed by atoms with Gasteiger partial charge in [0.05, 0.1) is 37.7 Å². The second-order valence-corrected chi connectivity index (χ2v) is 19.0. The maximum atomic E-state index is 14.3. The number of nitrogens with one attached hydrogen (secondary N) is 6. The van der Waals surface area contributed by atoms with E-state index in [2.05, 4.69) is 66.2 Å². The third-order valence-corrected chi connectivity index (χ3v) is 12.3. The summed E-state index contributed by atoms with van der Waals surface area (Å²) in [6.45, 7) is 4.90. The first kappa shape index (κ1) is 57.6. The van der Waals surface area contributed by atoms with Crippen molar-refractivity contribution in [2.45, 2.75) is 139 Å². The quantitative estimate of drug-likeness (QED) is 0.0224. The third-order valence-electron chi connectivity index (χ3n) is 11.3. The number of amides is 7. The number of carbonyl (C=O) groups excluding carboxylic acids is 7. The summed E-state index contributed by atoms with van der Waals surface area (Å²) in [5.41, 5.74) is 12.3. The van der Waals surface area contributed by atoms with Crippen LogP contribution in [0.2, 0.25) is 0 Å². The van der Waals surface area contributed by atoms with Gasteiger partial charge in [-0.2, -0.15) is 12.6 Å². The number of nitrogens with zero attached hydrogens (tertiary/aromatic N) is 2. The lowest BCUT2D eigenvalue weighted by molar-refractivity contribution is -0.140. The number of nitrogens with two attached hydrogens (primary N) is 2. The van der Waals surface area contributed by atoms with Gasteiger partial charge in [0.25, 0.3) is 0 Å². The number of benzene rings is 1. The molecular formula is C43H71N10O13PS. The number of ether oxygens (including phenoxy) is 1. The molecule has 68 heavy (non-hydrogen) atoms. The lowest BCUT2D eigenvalue weighted by atomic mass is 10.0. The molecule has 7 amide bonds. The Labute approximate surface area is 402 Å². The summed E-state index contributed by atoms with van der Waals surface area (Å²) in [4.78, 5) is 117. The minimum atomic E-state index is -5.12. The van der Waals surface area contributed by atoms with Crippen LogP contribution >= 0.6 is 20.5 Å². The largest absolute Gasteiger partial charge is 0.469 e. The summed E-state index contributed by atoms with van der Waals surface area (Å²) in [5, 5.41) is 25.8. The van der Waals surface area contributed by atoms with Crippen LogP contribution in [0.25, 0.3) is 0 Å². The van der Waals surface area contributed by atoms with Crippen molar-refractivity contribution in [1.29, 1.82) is 0 Å². The molecule has 1 aromatic rings. The van der Waals surface area contributed by atoms with E-state index >= 15 is 0 Å². The highest BCUT2D eigenvalue weighted by molar-refractivity contribution is 7.80. The Hall–Kier alpha value is -4.68. The molecule has 0 bridgehead atoms. The van der Waals surface area contributed by atoms with Crippen LogP contribution in [0.5, 0.6) is 0 Å². The third kappa shape index (κ3) is 20.5. The van der Waals surface area contributed by atoms with Crippen LogP contribution in [0, 0.1) is 5.92 Å². The monoisotopic (exact) mass is 998 g/mol. The predicted octanol–water partition coefficient (Wildman–Crippen LogP) is -1.72. The molecule has 23 nitrogen and oxygen atoms in total. The number of rotatable bonds is 31. The number of unbranched alkanes of at least 4 members (excludes halogenated alkanes) is 3. The highest BCUT2D eigenvalue weighted by Gasteiger charge is 2.42. The van der Waals surface area contributed by atoms with E-state index < -0.39 is 98.5 Å². The molecule has 0 radical (unpaired) electrons. The number of aliphatic hydroxyl groups is 1. The fourth-order valence-electron chi connectivity index (χ4n) is 7.63. The van der Waals surface area contributed by atoms with Gasteiger partial charge in [0.1, 0.15) is 30.2 Å². The molecule has 0 spiro atoms. The maximum Gasteiger partial charge on any atom is 0.469 e. The highest BCUT2D eigenvalue weighted by atomic mass is 32.1. The number of likely N-dealkylation sites (tertiary alicyclic amines) is 1. The average Bonchev–Trinajstić information content (AvgIpc) is 3.97. The van der Waals surface area contributed by atoms with E-state index in [9.17, 15) is 53.0 Å². The van der Waals surface area contributed by atoms with Crippen molar-refractivity contribution < 1.29 is 62.3 Å². The van der Waals surface area contributed by atoms with Crippen molar-refractivity contribution in [3.8, 4) is 0 Å². The van der Waals surface area contributed by atoms with Gasteiger partial charge in [0, 0.05) is 44.3 Å². The van der Waals surface area contributed by atoms with Gasteiger partial charge in [-0.15, -0.1) is 0 Å². The van der Waals surface area contributed by atoms with Gasteiger partial charge in [-0.05, 0) is 63.4 Å². The molecule has 3 rings (SSSR count). The lowest BCUT2D eigenvalue weighted by Crippen LogP contribution is -2.61. The van der Waals surface area contributed by atoms with Crippen molar-refractivity contribution in [3.05, 3.63) is 35.9 Å². The Morgan fingerprint density at radius 2 is 1.59 bits per heavy atom. The molecule has 2 unspecified atom stereocenters. The van der Waals surface area contributed by atoms with Crippen LogP contribution in [-0.4, -0.2) is 161 Å². The zero-order chi connectivity index (χ0) is 50.4. The summed E-state index contributed by atoms with van der Waals surface area (Å²) < 4.78 is 22.1. The molecule has 13 N–H and O–H groups in total. The van der Waals surface area contributed by atoms with Crippen molar-refractivity contribution in [2.24, 2.45) is 22.4 Å². The van der Waals surface area contributed by atoms with Gasteiger partial charge >= 0.3 is 7.82 Å². The predicted molar refractivity (Wildman–Crippen MR) is 253 cm³/mol. The van der Waals surface area contributed by atoms with Crippen LogP contribution in [-0.2, 0) is 53.8 Å². The summed E-state index contributed by atoms with van der Waals surface area (Å²) in [5.74, 6) is -5.20. The molecule has 0 aliphatic carbocycles. The number of aliphatic hydroxyl groups excluding tert-OH is 1. The van der Waals surface area contributed by atoms with E-state index in [-0.39, 0.29) is 62.3 Å². The molecule has 2 aliphatic heterocycles. The van der Waals surface area contributed by atoms with Gasteiger partial charge in [-0.25, -0.2) is 4.57 Å². The molecule has 25 heteroatoms. The first-order chi connectivity index (χ1) is 32.2. The minimum absolute atomic E-state index is 0.0679. The molecule has 2 heterocycles. The van der Waals surface area contributed by atoms with E-state index in [1.807, 2.05) is 32.0 Å². The van der Waals surface area contributed by atoms with Crippen molar-refractivity contribution in [3.63, 3.8) is 0 Å². The molecule has 0 aromatic heterocycles. The molecule has 382 valence electrons. The Morgan fingerprint density at radius 1 is 0.912 bits per heavy atom. The summed E-state index contributed by atoms with van der Waals surface area (Å²) in [6, 6.07) is 1.79. The number of hydrogen-bond acceptors (Lipinski definition) is 15. The summed E-state index contributed by atoms with van der Waals surface area (Å²) in [6.07, 6.45) is 3.91. The zero-order valence-corrected chi connectivity index (χ0v) is 40.7. The minimum Gasteiger partial charge on any atom is -0.394 e. The number of phosphoric acid groups is 1. The number of aryl methyl sites for hydroxylation is 1. The van der Waals surface area contributed by atoms with E-state index in [0.717, 1.165) is 26.2 Å². The van der Waals surface area contributed by atoms with Crippen LogP contribution < -0.4 is 43.4 Å². The SMILES string of the molecule is CC(C)C[C@H](NC(=O)[C@@H]1C[C@H](OCCCCc2ccccc2)CN1C(=O)CCCCCNC(=O)C(N)CS)C(=O)N[C@@H](CC1CN=CN1)C(=O)N[C@@H](CO)C(=O)N[C@H](C(N)=O)[C@@H](C)OP(=O)(O)O. The van der Waals surface area contributed by atoms with Crippen molar-refractivity contribution in [2.75, 3.05) is 38.6 Å². The van der Waals surface area contributed by atoms with Crippen molar-refractivity contribution in [1.82, 2.24) is 36.8 Å². The van der Waals surface area contributed by atoms with E-state index in [0.29, 0.717) is 32.4 Å². The van der Waals surface area contributed by atoms with Crippen LogP contribution in [0.15, 0.2) is 35.3 Å². The van der Waals surface area contributed by atoms with Gasteiger partial charge in [0.15, 0.2) is 0 Å². The Morgan fingerprint density at radius 3 is 2.21 bits per heavy atom. The molecule has 0 saturated carbocycles. The lowest BCUT2D eigenvalue weighted by Gasteiger charge is -2.29. The maximum absolute atomic E-state index is 14.3. The van der Waals surface area contributed by atoms with Gasteiger partial charge in [-0.3, -0.25) is 43.1 Å². The first-order valence-electron chi connectivity index (χ1n) is 22.9. The zero-order valence-electron chi connectivity index (χ0n) is 38.9. The first-order valence-corrected chi connectivity index (χ1v) is 25.1. The topological polar surface area (TPSA) is 356 Å². The van der Waals surface area contributed by atoms with E-state index in [4.69, 9.17) is 16.2 Å². The second kappa shape index (κ2) is 29.4. The Bertz CT molecular complexity index is 1890. The van der Waals surface area contributed by atoms with Crippen LogP contribution in [0.3, 0.4) is 0 Å². The number of hydrogen-bond donors (Lipinski definition) is 12. The molecule has 2 aliphatic rings. The van der Waals surface area contributed by atoms with Crippen LogP contribution in [0.1, 0.15) is 84.1 Å². The number of aliphatic imine (C=N–C) groups is 1. The second-order valence-electron chi connectivity index (χ2n) is 17.4. The number of phosphoric ester groups is 1. The molecule has 1 fully saturated rings. The van der Waals surface area contributed by atoms with Gasteiger partial charge in [0.2, 0.25) is 41.4 Å². The van der Waals surface area contributed by atoms with Gasteiger partial charge < -0.3 is 67.9 Å². The highest BCUT2D eigenvalue weighted by Crippen LogP contribution is 2.38. The fourth-order valence-corrected chi connectivity index (χ4v) is 8.35. The van der Waals surface area contributed by atoms with Crippen LogP contribution in [0.4, 0.5) is 0 Å². The normalized spacial score (nSPS) is 19.5. The smallest absolute Gasteiger partial charge is 0.394 e. The number of carbonyl (C=O) groups is 7. The molecule has 1 aromatic carbocycles. The Kier molecular flexibility index (Phi) is 24.9. The fraction of sp³-hybridized carbons (Fsp3) is 0.674. The Balaban J connectivity index is 1.74. The van der Waals surface area contributed by atoms with Crippen molar-refractivity contribution >= 4 is 68.1 Å². The summed E-state index contributed by atoms with van der Waals surface area (Å²) in [7, 11) is -5.12. The van der Waals surface area contributed by atoms with E-state index in [1.165, 1.54) is 16.8 Å². The number of primary amides is 1. The number of thiol groups is 1. The average molecular weight is 999 g/mol. The molecule has 9 atom stereocenters. The molecule has 1 saturated heterocycles. The van der Waals surface area contributed by atoms with Gasteiger partial charge in [-0.1, -0.05) is 50.6 Å². The molecular weight excluding hydrogens is 928 g/mol.